The van der Waals surface area contributed by atoms with Crippen molar-refractivity contribution >= 4 is 12.2 Å². The number of rotatable bonds is 2. The van der Waals surface area contributed by atoms with Crippen molar-refractivity contribution in [3.8, 4) is 0 Å². The first kappa shape index (κ1) is 20.6. The quantitative estimate of drug-likeness (QED) is 0.452. The molecule has 5 rings (SSSR count). The Bertz CT molecular complexity index is 997. The molecule has 2 aromatic carbocycles. The van der Waals surface area contributed by atoms with E-state index in [0.29, 0.717) is 0 Å². The van der Waals surface area contributed by atoms with Crippen LogP contribution >= 0.6 is 0 Å². The van der Waals surface area contributed by atoms with Gasteiger partial charge < -0.3 is 24.8 Å². The van der Waals surface area contributed by atoms with Gasteiger partial charge in [0.2, 0.25) is 0 Å². The van der Waals surface area contributed by atoms with Gasteiger partial charge in [-0.2, -0.15) is 0 Å². The number of fused-ring (bicyclic) bond motifs is 2. The van der Waals surface area contributed by atoms with E-state index in [1.54, 1.807) is 5.57 Å². The summed E-state index contributed by atoms with van der Waals surface area (Å²) in [7, 11) is 0. The molecule has 2 aromatic rings. The Labute approximate surface area is 188 Å². The molecule has 3 heteroatoms. The van der Waals surface area contributed by atoms with Crippen molar-refractivity contribution in [3.63, 3.8) is 0 Å². The molecular formula is C24H19Cl2Hf. The van der Waals surface area contributed by atoms with E-state index in [9.17, 15) is 0 Å². The number of hydrogen-bond acceptors (Lipinski definition) is 0. The van der Waals surface area contributed by atoms with Crippen molar-refractivity contribution in [3.05, 3.63) is 106 Å². The fourth-order valence-corrected chi connectivity index (χ4v) is 5.39. The van der Waals surface area contributed by atoms with Crippen LogP contribution in [0, 0.1) is 0 Å². The second kappa shape index (κ2) is 8.07. The van der Waals surface area contributed by atoms with E-state index in [0.717, 1.165) is 43.6 Å². The van der Waals surface area contributed by atoms with E-state index < -0.39 is 0 Å². The normalized spacial score (nSPS) is 21.9. The van der Waals surface area contributed by atoms with Crippen LogP contribution in [0.25, 0.3) is 12.2 Å². The van der Waals surface area contributed by atoms with E-state index in [-0.39, 0.29) is 28.0 Å². The Hall–Kier alpha value is -1.15. The van der Waals surface area contributed by atoms with Crippen molar-refractivity contribution in [1.29, 1.82) is 0 Å². The summed E-state index contributed by atoms with van der Waals surface area (Å²) in [6, 6.07) is 17.6. The van der Waals surface area contributed by atoms with Crippen LogP contribution in [0.15, 0.2) is 83.5 Å². The van der Waals surface area contributed by atoms with Crippen LogP contribution in [0.4, 0.5) is 0 Å². The van der Waals surface area contributed by atoms with Gasteiger partial charge in [0.15, 0.2) is 0 Å². The molecule has 0 heterocycles. The fourth-order valence-electron chi connectivity index (χ4n) is 4.15. The second-order valence-corrected chi connectivity index (χ2v) is 10.5. The van der Waals surface area contributed by atoms with E-state index >= 15 is 0 Å². The van der Waals surface area contributed by atoms with Crippen molar-refractivity contribution in [2.45, 2.75) is 22.4 Å². The molecule has 0 N–H and O–H groups in total. The van der Waals surface area contributed by atoms with Crippen LogP contribution in [0.2, 0.25) is 3.17 Å². The third-order valence-electron chi connectivity index (χ3n) is 5.67. The van der Waals surface area contributed by atoms with Crippen LogP contribution in [-0.2, 0) is 37.2 Å². The Balaban J connectivity index is 0.00000105. The predicted octanol–water partition coefficient (Wildman–Crippen LogP) is -0.134. The summed E-state index contributed by atoms with van der Waals surface area (Å²) < 4.78 is 0.286. The molecule has 0 nitrogen and oxygen atoms in total. The zero-order valence-corrected chi connectivity index (χ0v) is 20.0. The van der Waals surface area contributed by atoms with Gasteiger partial charge in [0.1, 0.15) is 0 Å². The fraction of sp³-hybridized carbons (Fsp3) is 0.167. The van der Waals surface area contributed by atoms with Crippen LogP contribution in [-0.4, -0.2) is 0 Å². The minimum atomic E-state index is 0. The number of halogens is 2. The molecule has 1 unspecified atom stereocenters. The zero-order valence-electron chi connectivity index (χ0n) is 14.9. The van der Waals surface area contributed by atoms with Crippen LogP contribution in [0.5, 0.6) is 0 Å². The van der Waals surface area contributed by atoms with Gasteiger partial charge in [0.05, 0.1) is 0 Å². The maximum absolute atomic E-state index is 2.50. The molecule has 0 amide bonds. The summed E-state index contributed by atoms with van der Waals surface area (Å²) in [6.07, 6.45) is 15.5. The van der Waals surface area contributed by atoms with Crippen molar-refractivity contribution in [1.82, 2.24) is 0 Å². The summed E-state index contributed by atoms with van der Waals surface area (Å²) in [5, 5.41) is 0. The molecule has 0 aliphatic heterocycles. The first-order chi connectivity index (χ1) is 12.2. The summed E-state index contributed by atoms with van der Waals surface area (Å²) >= 11 is 1.16. The molecule has 0 spiro atoms. The third kappa shape index (κ3) is 3.75. The zero-order chi connectivity index (χ0) is 16.9. The SMILES string of the molecule is [Cl-].[Cl-].[Hf+2][C]1(C2=Cc3ccccc3C2)C=CC(C2=Cc3ccccc3C2)=CC1. The minimum absolute atomic E-state index is 0. The number of benzene rings is 2. The first-order valence-electron chi connectivity index (χ1n) is 8.93. The summed E-state index contributed by atoms with van der Waals surface area (Å²) in [5.41, 5.74) is 10.3. The first-order valence-corrected chi connectivity index (χ1v) is 10.7. The van der Waals surface area contributed by atoms with Crippen LogP contribution < -0.4 is 24.8 Å². The maximum atomic E-state index is 2.50. The monoisotopic (exact) mass is 557 g/mol. The van der Waals surface area contributed by atoms with Gasteiger partial charge in [0.25, 0.3) is 0 Å². The van der Waals surface area contributed by atoms with Gasteiger partial charge >= 0.3 is 165 Å². The van der Waals surface area contributed by atoms with Crippen molar-refractivity contribution in [2.75, 3.05) is 0 Å². The molecule has 27 heavy (non-hydrogen) atoms. The van der Waals surface area contributed by atoms with Gasteiger partial charge in [0, 0.05) is 0 Å². The molecule has 0 saturated carbocycles. The molecule has 0 bridgehead atoms. The summed E-state index contributed by atoms with van der Waals surface area (Å²) in [4.78, 5) is 0. The average Bonchev–Trinajstić information content (AvgIpc) is 3.26. The standard InChI is InChI=1S/C24H19.2ClH.Hf/c1-2-6-20-14-23(13-19(20)5-1)17-9-11-18(12-10-17)24-15-21-7-3-4-8-22(21)16-24;;;/h1-11,13,15H,12,14,16H2;2*1H;/q;;;+2/p-2. The molecule has 3 aliphatic rings. The Kier molecular flexibility index (Phi) is 6.15. The van der Waals surface area contributed by atoms with Gasteiger partial charge in [-0.05, 0) is 0 Å². The molecule has 0 fully saturated rings. The van der Waals surface area contributed by atoms with Gasteiger partial charge in [-0.3, -0.25) is 0 Å². The predicted molar refractivity (Wildman–Crippen MR) is 101 cm³/mol. The number of hydrogen-bond donors (Lipinski definition) is 0. The third-order valence-corrected chi connectivity index (χ3v) is 8.15. The molecule has 0 saturated heterocycles. The number of allylic oxidation sites excluding steroid dienone is 6. The molecule has 0 radical (unpaired) electrons. The Morgan fingerprint density at radius 2 is 1.41 bits per heavy atom. The van der Waals surface area contributed by atoms with E-state index in [2.05, 4.69) is 78.9 Å². The second-order valence-electron chi connectivity index (χ2n) is 7.26. The average molecular weight is 557 g/mol. The molecular weight excluding hydrogens is 538 g/mol. The van der Waals surface area contributed by atoms with E-state index in [4.69, 9.17) is 0 Å². The summed E-state index contributed by atoms with van der Waals surface area (Å²) in [5.74, 6) is 0. The Morgan fingerprint density at radius 3 is 2.00 bits per heavy atom. The van der Waals surface area contributed by atoms with Gasteiger partial charge in [-0.25, -0.2) is 0 Å². The van der Waals surface area contributed by atoms with E-state index in [1.165, 1.54) is 33.4 Å². The molecule has 3 aliphatic carbocycles. The van der Waals surface area contributed by atoms with E-state index in [1.807, 2.05) is 0 Å². The van der Waals surface area contributed by atoms with Gasteiger partial charge in [-0.1, -0.05) is 0 Å². The molecule has 133 valence electrons. The topological polar surface area (TPSA) is 0 Å². The Morgan fingerprint density at radius 1 is 0.778 bits per heavy atom. The van der Waals surface area contributed by atoms with Gasteiger partial charge in [-0.15, -0.1) is 0 Å². The van der Waals surface area contributed by atoms with Crippen molar-refractivity contribution in [2.24, 2.45) is 0 Å². The summed E-state index contributed by atoms with van der Waals surface area (Å²) in [6.45, 7) is 0. The molecule has 1 atom stereocenters. The van der Waals surface area contributed by atoms with Crippen LogP contribution in [0.1, 0.15) is 28.7 Å². The van der Waals surface area contributed by atoms with Crippen LogP contribution in [0.3, 0.4) is 0 Å². The molecule has 0 aromatic heterocycles. The van der Waals surface area contributed by atoms with Crippen molar-refractivity contribution < 1.29 is 49.2 Å².